The van der Waals surface area contributed by atoms with Crippen molar-refractivity contribution < 1.29 is 123 Å². The molecule has 0 unspecified atom stereocenters. The maximum Gasteiger partial charge on any atom is 1.00 e. The van der Waals surface area contributed by atoms with Crippen molar-refractivity contribution in [2.45, 2.75) is 53.4 Å². The Hall–Kier alpha value is -2.32. The number of allylic oxidation sites excluding steroid dienone is 10. The second kappa shape index (κ2) is 17.1. The van der Waals surface area contributed by atoms with Crippen LogP contribution in [0.25, 0.3) is 0 Å². The van der Waals surface area contributed by atoms with Crippen molar-refractivity contribution in [3.8, 4) is 0 Å². The molecule has 0 aromatic rings. The molecule has 1 fully saturated rings. The summed E-state index contributed by atoms with van der Waals surface area (Å²) in [6, 6.07) is 0. The molecular weight excluding hydrogens is 645 g/mol. The van der Waals surface area contributed by atoms with E-state index in [1.54, 1.807) is 31.2 Å². The fourth-order valence-corrected chi connectivity index (χ4v) is 6.40. The van der Waals surface area contributed by atoms with Gasteiger partial charge in [0, 0.05) is 52.7 Å². The molecule has 0 radical (unpaired) electrons. The van der Waals surface area contributed by atoms with Crippen LogP contribution in [0.4, 0.5) is 0 Å². The van der Waals surface area contributed by atoms with E-state index in [1.165, 1.54) is 0 Å². The molecular formula is C34H31N4Na3O7. The number of aliphatic carboxylic acids is 3. The van der Waals surface area contributed by atoms with Gasteiger partial charge >= 0.3 is 94.6 Å². The maximum atomic E-state index is 12.6. The zero-order chi connectivity index (χ0) is 32.7. The van der Waals surface area contributed by atoms with E-state index >= 15 is 0 Å². The van der Waals surface area contributed by atoms with Crippen LogP contribution in [0.2, 0.25) is 0 Å². The van der Waals surface area contributed by atoms with E-state index in [0.717, 1.165) is 17.4 Å². The molecule has 5 heterocycles. The Morgan fingerprint density at radius 1 is 0.958 bits per heavy atom. The van der Waals surface area contributed by atoms with Gasteiger partial charge in [-0.2, -0.15) is 0 Å². The number of carbonyl (C=O) groups is 3. The van der Waals surface area contributed by atoms with Crippen LogP contribution in [0.5, 0.6) is 0 Å². The van der Waals surface area contributed by atoms with Crippen LogP contribution in [-0.4, -0.2) is 40.1 Å². The van der Waals surface area contributed by atoms with Crippen LogP contribution in [0.3, 0.4) is 0 Å². The first-order chi connectivity index (χ1) is 21.4. The van der Waals surface area contributed by atoms with Crippen molar-refractivity contribution in [2.75, 3.05) is 0 Å². The third kappa shape index (κ3) is 7.85. The molecule has 5 aliphatic heterocycles. The van der Waals surface area contributed by atoms with Crippen LogP contribution in [0.1, 0.15) is 53.4 Å². The number of aliphatic imine (C=N–C) groups is 3. The summed E-state index contributed by atoms with van der Waals surface area (Å²) in [6.45, 7) is 11.1. The van der Waals surface area contributed by atoms with E-state index in [0.29, 0.717) is 51.8 Å². The Morgan fingerprint density at radius 3 is 2.21 bits per heavy atom. The maximum absolute atomic E-state index is 12.6. The number of rotatable bonds is 8. The molecule has 2 atom stereocenters. The van der Waals surface area contributed by atoms with Gasteiger partial charge in [0.25, 0.3) is 0 Å². The molecule has 5 rings (SSSR count). The SMILES string of the molecule is C=CC1=C(C)C2=NC1=CC1=NC(=C(CC)/C1=C/[O-])C=C1N=C(C(CC(=O)[O-])=C3NC(=C2)[C@@H](C)[C@@H]3CCC(=O)[O-])C(C(=O)O)=C1C.[Na+].[Na+].[Na+]. The number of carbonyl (C=O) groups excluding carboxylic acids is 2. The Labute approximate surface area is 345 Å². The summed E-state index contributed by atoms with van der Waals surface area (Å²) in [7, 11) is 0. The van der Waals surface area contributed by atoms with E-state index in [1.807, 2.05) is 20.8 Å². The number of nitrogens with one attached hydrogen (secondary N) is 1. The quantitative estimate of drug-likeness (QED) is 0.187. The van der Waals surface area contributed by atoms with Gasteiger partial charge in [0.2, 0.25) is 0 Å². The summed E-state index contributed by atoms with van der Waals surface area (Å²) in [5, 5.41) is 49.6. The van der Waals surface area contributed by atoms with Crippen molar-refractivity contribution in [3.63, 3.8) is 0 Å². The molecule has 2 N–H and O–H groups in total. The van der Waals surface area contributed by atoms with Crippen molar-refractivity contribution in [1.29, 1.82) is 0 Å². The largest absolute Gasteiger partial charge is 1.00 e. The summed E-state index contributed by atoms with van der Waals surface area (Å²) in [6.07, 6.45) is 7.07. The van der Waals surface area contributed by atoms with Crippen LogP contribution in [-0.2, 0) is 14.4 Å². The van der Waals surface area contributed by atoms with Gasteiger partial charge in [-0.3, -0.25) is 0 Å². The first-order valence-electron chi connectivity index (χ1n) is 14.6. The molecule has 0 aliphatic carbocycles. The molecule has 0 aromatic heterocycles. The third-order valence-electron chi connectivity index (χ3n) is 8.75. The predicted molar refractivity (Wildman–Crippen MR) is 162 cm³/mol. The summed E-state index contributed by atoms with van der Waals surface area (Å²) in [4.78, 5) is 50.5. The zero-order valence-electron chi connectivity index (χ0n) is 28.3. The molecule has 5 aliphatic rings. The van der Waals surface area contributed by atoms with E-state index < -0.39 is 30.2 Å². The minimum absolute atomic E-state index is 0. The Bertz CT molecular complexity index is 1830. The Morgan fingerprint density at radius 2 is 1.65 bits per heavy atom. The molecule has 0 aromatic carbocycles. The number of hydrogen-bond donors (Lipinski definition) is 2. The monoisotopic (exact) mass is 676 g/mol. The summed E-state index contributed by atoms with van der Waals surface area (Å²) in [5.74, 6) is -4.92. The normalized spacial score (nSPS) is 22.0. The molecule has 11 nitrogen and oxygen atoms in total. The molecule has 8 bridgehead atoms. The van der Waals surface area contributed by atoms with Gasteiger partial charge in [-0.1, -0.05) is 26.5 Å². The van der Waals surface area contributed by atoms with E-state index in [9.17, 15) is 34.8 Å². The van der Waals surface area contributed by atoms with Crippen LogP contribution >= 0.6 is 0 Å². The van der Waals surface area contributed by atoms with Gasteiger partial charge in [0.15, 0.2) is 0 Å². The van der Waals surface area contributed by atoms with E-state index in [4.69, 9.17) is 9.98 Å². The van der Waals surface area contributed by atoms with Crippen molar-refractivity contribution in [1.82, 2.24) is 5.32 Å². The van der Waals surface area contributed by atoms with Gasteiger partial charge in [-0.15, -0.1) is 6.26 Å². The molecule has 0 saturated carbocycles. The number of carboxylic acid groups (broad SMARTS) is 3. The van der Waals surface area contributed by atoms with Gasteiger partial charge in [0.1, 0.15) is 0 Å². The van der Waals surface area contributed by atoms with E-state index in [-0.39, 0.29) is 136 Å². The number of fused-ring (bicyclic) bond motifs is 5. The molecule has 1 saturated heterocycles. The topological polar surface area (TPSA) is 190 Å². The molecule has 232 valence electrons. The van der Waals surface area contributed by atoms with E-state index in [2.05, 4.69) is 16.9 Å². The summed E-state index contributed by atoms with van der Waals surface area (Å²) >= 11 is 0. The predicted octanol–water partition coefficient (Wildman–Crippen LogP) is -7.38. The van der Waals surface area contributed by atoms with Crippen LogP contribution in [0.15, 0.2) is 120 Å². The average molecular weight is 677 g/mol. The average Bonchev–Trinajstić information content (AvgIpc) is 3.67. The molecule has 0 amide bonds. The molecule has 48 heavy (non-hydrogen) atoms. The standard InChI is InChI=1S/C34H34N4O7.3Na/c1-6-18-15(3)23-11-24-16(4)20(8-9-29(40)41)32(37-24)21(10-30(42)43)33-31(34(44)45)17(5)25(38-33)12-27-19(7-2)22(14-39)28(36-27)13-26(18)35-23;;;/h6,11-14,16,20,37,39H,1,7-10H2,2-5H3,(H,40,41)(H,42,43)(H,44,45);;;/q;3*+1/p-3/b22-14-,24-11?,25-12?,26-13?,32-21?;;;/t16-,20-;;;/m0.../s1. The van der Waals surface area contributed by atoms with Gasteiger partial charge in [-0.05, 0) is 73.6 Å². The van der Waals surface area contributed by atoms with Gasteiger partial charge in [0.05, 0.1) is 39.8 Å². The fourth-order valence-electron chi connectivity index (χ4n) is 6.40. The minimum Gasteiger partial charge on any atom is -0.877 e. The zero-order valence-corrected chi connectivity index (χ0v) is 34.3. The molecule has 14 heteroatoms. The second-order valence-electron chi connectivity index (χ2n) is 11.3. The van der Waals surface area contributed by atoms with Crippen molar-refractivity contribution >= 4 is 35.0 Å². The first-order valence-corrected chi connectivity index (χ1v) is 14.6. The minimum atomic E-state index is -1.46. The van der Waals surface area contributed by atoms with Crippen molar-refractivity contribution in [2.24, 2.45) is 26.8 Å². The fraction of sp³-hybridized carbons (Fsp3) is 0.294. The number of carboxylic acids is 3. The van der Waals surface area contributed by atoms with Crippen molar-refractivity contribution in [3.05, 3.63) is 105 Å². The Kier molecular flexibility index (Phi) is 14.9. The van der Waals surface area contributed by atoms with Gasteiger partial charge < -0.3 is 35.3 Å². The number of hydrogen-bond acceptors (Lipinski definition) is 10. The van der Waals surface area contributed by atoms with Crippen LogP contribution < -0.4 is 109 Å². The van der Waals surface area contributed by atoms with Crippen LogP contribution in [0, 0.1) is 11.8 Å². The summed E-state index contributed by atoms with van der Waals surface area (Å²) in [5.41, 5.74) is 5.79. The second-order valence-corrected chi connectivity index (χ2v) is 11.3. The summed E-state index contributed by atoms with van der Waals surface area (Å²) < 4.78 is 0. The smallest absolute Gasteiger partial charge is 0.877 e. The first kappa shape index (κ1) is 41.8. The third-order valence-corrected chi connectivity index (χ3v) is 8.75. The Balaban J connectivity index is 0.00000267. The molecule has 0 spiro atoms. The van der Waals surface area contributed by atoms with Gasteiger partial charge in [-0.25, -0.2) is 19.8 Å². The number of nitrogens with zero attached hydrogens (tertiary/aromatic N) is 3.